The van der Waals surface area contributed by atoms with Crippen molar-refractivity contribution in [2.75, 3.05) is 12.5 Å². The molecule has 0 atom stereocenters. The van der Waals surface area contributed by atoms with E-state index in [0.29, 0.717) is 23.0 Å². The summed E-state index contributed by atoms with van der Waals surface area (Å²) in [6.07, 6.45) is 4.27. The van der Waals surface area contributed by atoms with Crippen LogP contribution in [0.4, 0.5) is 0 Å². The highest BCUT2D eigenvalue weighted by Gasteiger charge is 2.12. The molecular formula is C21H20O7S2. The fourth-order valence-electron chi connectivity index (χ4n) is 2.51. The molecule has 0 spiro atoms. The van der Waals surface area contributed by atoms with E-state index >= 15 is 0 Å². The quantitative estimate of drug-likeness (QED) is 0.373. The van der Waals surface area contributed by atoms with Gasteiger partial charge in [-0.15, -0.1) is 23.5 Å². The summed E-state index contributed by atoms with van der Waals surface area (Å²) >= 11 is 3.10. The minimum atomic E-state index is -1.27. The first-order chi connectivity index (χ1) is 14.2. The van der Waals surface area contributed by atoms with Gasteiger partial charge >= 0.3 is 17.6 Å². The van der Waals surface area contributed by atoms with Crippen molar-refractivity contribution in [2.45, 2.75) is 22.6 Å². The topological polar surface area (TPSA) is 125 Å². The summed E-state index contributed by atoms with van der Waals surface area (Å²) in [6, 6.07) is 11.8. The number of fused-ring (bicyclic) bond motifs is 1. The van der Waals surface area contributed by atoms with E-state index in [2.05, 4.69) is 0 Å². The first-order valence-electron chi connectivity index (χ1n) is 8.68. The van der Waals surface area contributed by atoms with E-state index in [1.807, 2.05) is 30.7 Å². The molecule has 1 heterocycles. The lowest BCUT2D eigenvalue weighted by atomic mass is 10.1. The number of phenolic OH excluding ortho intramolecular Hbond substituents is 1. The Hall–Kier alpha value is -2.91. The number of thioether (sulfide) groups is 2. The van der Waals surface area contributed by atoms with Crippen LogP contribution in [0.1, 0.15) is 22.3 Å². The van der Waals surface area contributed by atoms with Crippen molar-refractivity contribution in [2.24, 2.45) is 0 Å². The second-order valence-corrected chi connectivity index (χ2v) is 7.80. The molecule has 0 aliphatic carbocycles. The lowest BCUT2D eigenvalue weighted by Gasteiger charge is -2.04. The number of aryl methyl sites for hydroxylation is 1. The van der Waals surface area contributed by atoms with Crippen LogP contribution in [0, 0.1) is 0 Å². The van der Waals surface area contributed by atoms with Gasteiger partial charge in [0, 0.05) is 21.6 Å². The minimum Gasteiger partial charge on any atom is -0.508 e. The van der Waals surface area contributed by atoms with Gasteiger partial charge in [0.15, 0.2) is 0 Å². The van der Waals surface area contributed by atoms with E-state index in [0.717, 1.165) is 9.79 Å². The highest BCUT2D eigenvalue weighted by molar-refractivity contribution is 7.98. The van der Waals surface area contributed by atoms with Crippen LogP contribution >= 0.6 is 23.5 Å². The lowest BCUT2D eigenvalue weighted by Crippen LogP contribution is -2.12. The molecule has 0 aliphatic heterocycles. The zero-order valence-electron chi connectivity index (χ0n) is 16.2. The molecule has 0 unspecified atom stereocenters. The van der Waals surface area contributed by atoms with Crippen LogP contribution in [0.5, 0.6) is 5.75 Å². The van der Waals surface area contributed by atoms with Crippen molar-refractivity contribution in [1.82, 2.24) is 0 Å². The number of phenols is 1. The number of carboxylic acids is 2. The van der Waals surface area contributed by atoms with Gasteiger partial charge in [0.2, 0.25) is 0 Å². The summed E-state index contributed by atoms with van der Waals surface area (Å²) in [5.74, 6) is -1.95. The van der Waals surface area contributed by atoms with Crippen molar-refractivity contribution >= 4 is 46.4 Å². The summed E-state index contributed by atoms with van der Waals surface area (Å²) in [6.45, 7) is 0. The Morgan fingerprint density at radius 1 is 0.967 bits per heavy atom. The SMILES string of the molecule is CSc1ccc(O)c(CCC(=O)O)c1.CSc1ccc2oc(=O)c(C(=O)O)cc2c1. The van der Waals surface area contributed by atoms with Gasteiger partial charge in [-0.2, -0.15) is 0 Å². The number of aliphatic carboxylic acids is 1. The Morgan fingerprint density at radius 3 is 2.20 bits per heavy atom. The molecule has 0 aliphatic rings. The van der Waals surface area contributed by atoms with Gasteiger partial charge in [-0.1, -0.05) is 0 Å². The van der Waals surface area contributed by atoms with E-state index < -0.39 is 17.6 Å². The largest absolute Gasteiger partial charge is 0.508 e. The molecule has 3 aromatic rings. The molecule has 1 aromatic heterocycles. The summed E-state index contributed by atoms with van der Waals surface area (Å²) in [4.78, 5) is 34.4. The average molecular weight is 449 g/mol. The molecule has 3 N–H and O–H groups in total. The number of carbonyl (C=O) groups is 2. The maximum Gasteiger partial charge on any atom is 0.351 e. The van der Waals surface area contributed by atoms with Crippen molar-refractivity contribution < 1.29 is 29.3 Å². The Bertz CT molecular complexity index is 1120. The Balaban J connectivity index is 0.000000216. The summed E-state index contributed by atoms with van der Waals surface area (Å²) in [5, 5.41) is 27.3. The van der Waals surface area contributed by atoms with Gasteiger partial charge in [-0.25, -0.2) is 9.59 Å². The number of aromatic hydroxyl groups is 1. The summed E-state index contributed by atoms with van der Waals surface area (Å²) in [7, 11) is 0. The van der Waals surface area contributed by atoms with Gasteiger partial charge in [-0.05, 0) is 67.0 Å². The van der Waals surface area contributed by atoms with Crippen molar-refractivity contribution in [3.05, 3.63) is 64.0 Å². The molecule has 9 heteroatoms. The second kappa shape index (κ2) is 10.7. The number of aromatic carboxylic acids is 1. The van der Waals surface area contributed by atoms with E-state index in [1.54, 1.807) is 30.0 Å². The van der Waals surface area contributed by atoms with Crippen molar-refractivity contribution in [3.63, 3.8) is 0 Å². The zero-order valence-corrected chi connectivity index (χ0v) is 17.9. The van der Waals surface area contributed by atoms with Gasteiger partial charge in [0.25, 0.3) is 0 Å². The van der Waals surface area contributed by atoms with E-state index in [4.69, 9.17) is 14.6 Å². The molecule has 0 saturated carbocycles. The van der Waals surface area contributed by atoms with Crippen LogP contribution in [0.15, 0.2) is 61.5 Å². The Morgan fingerprint density at radius 2 is 1.60 bits per heavy atom. The number of hydrogen-bond donors (Lipinski definition) is 3. The first-order valence-corrected chi connectivity index (χ1v) is 11.1. The van der Waals surface area contributed by atoms with E-state index in [-0.39, 0.29) is 17.7 Å². The average Bonchev–Trinajstić information content (AvgIpc) is 2.72. The predicted octanol–water partition coefficient (Wildman–Crippen LogP) is 4.34. The van der Waals surface area contributed by atoms with Crippen LogP contribution in [0.3, 0.4) is 0 Å². The summed E-state index contributed by atoms with van der Waals surface area (Å²) in [5.41, 5.74) is -0.0743. The van der Waals surface area contributed by atoms with Gasteiger partial charge in [-0.3, -0.25) is 4.79 Å². The molecule has 0 fully saturated rings. The lowest BCUT2D eigenvalue weighted by molar-refractivity contribution is -0.136. The third kappa shape index (κ3) is 6.30. The fourth-order valence-corrected chi connectivity index (χ4v) is 3.42. The Labute approximate surface area is 180 Å². The smallest absolute Gasteiger partial charge is 0.351 e. The van der Waals surface area contributed by atoms with Crippen LogP contribution in [-0.2, 0) is 11.2 Å². The van der Waals surface area contributed by atoms with Gasteiger partial charge < -0.3 is 19.7 Å². The van der Waals surface area contributed by atoms with Gasteiger partial charge in [0.05, 0.1) is 0 Å². The molecule has 0 amide bonds. The highest BCUT2D eigenvalue weighted by Crippen LogP contribution is 2.25. The molecular weight excluding hydrogens is 428 g/mol. The molecule has 2 aromatic carbocycles. The van der Waals surface area contributed by atoms with Crippen LogP contribution in [0.25, 0.3) is 11.0 Å². The molecule has 3 rings (SSSR count). The minimum absolute atomic E-state index is 0.0470. The molecule has 0 bridgehead atoms. The van der Waals surface area contributed by atoms with Gasteiger partial charge in [0.1, 0.15) is 16.9 Å². The first kappa shape index (κ1) is 23.4. The third-order valence-electron chi connectivity index (χ3n) is 4.06. The van der Waals surface area contributed by atoms with Crippen LogP contribution < -0.4 is 5.63 Å². The fraction of sp³-hybridized carbons (Fsp3) is 0.190. The van der Waals surface area contributed by atoms with Crippen molar-refractivity contribution in [1.29, 1.82) is 0 Å². The number of carboxylic acid groups (broad SMARTS) is 2. The number of benzene rings is 2. The standard InChI is InChI=1S/C11H8O4S.C10H12O3S/c1-16-7-2-3-9-6(4-7)5-8(10(12)13)11(14)15-9;1-14-8-3-4-9(11)7(6-8)2-5-10(12)13/h2-5H,1H3,(H,12,13);3-4,6,11H,2,5H2,1H3,(H,12,13). The molecule has 0 radical (unpaired) electrons. The maximum atomic E-state index is 11.3. The number of hydrogen-bond acceptors (Lipinski definition) is 7. The molecule has 30 heavy (non-hydrogen) atoms. The molecule has 0 saturated heterocycles. The van der Waals surface area contributed by atoms with Crippen molar-refractivity contribution in [3.8, 4) is 5.75 Å². The second-order valence-electron chi connectivity index (χ2n) is 6.04. The normalized spacial score (nSPS) is 10.3. The monoisotopic (exact) mass is 448 g/mol. The van der Waals surface area contributed by atoms with E-state index in [9.17, 15) is 19.5 Å². The molecule has 7 nitrogen and oxygen atoms in total. The summed E-state index contributed by atoms with van der Waals surface area (Å²) < 4.78 is 4.91. The number of rotatable bonds is 6. The van der Waals surface area contributed by atoms with E-state index in [1.165, 1.54) is 17.8 Å². The van der Waals surface area contributed by atoms with Crippen LogP contribution in [0.2, 0.25) is 0 Å². The Kier molecular flexibility index (Phi) is 8.37. The predicted molar refractivity (Wildman–Crippen MR) is 117 cm³/mol. The maximum absolute atomic E-state index is 11.3. The highest BCUT2D eigenvalue weighted by atomic mass is 32.2. The molecule has 158 valence electrons. The zero-order chi connectivity index (χ0) is 22.3. The van der Waals surface area contributed by atoms with Crippen LogP contribution in [-0.4, -0.2) is 39.8 Å². The third-order valence-corrected chi connectivity index (χ3v) is 5.52.